The Balaban J connectivity index is 3.32. The Morgan fingerprint density at radius 2 is 1.85 bits per heavy atom. The smallest absolute Gasteiger partial charge is 0.420 e. The topological polar surface area (TPSA) is 40.5 Å². The fourth-order valence-corrected chi connectivity index (χ4v) is 1.05. The minimum atomic E-state index is -4.64. The minimum absolute atomic E-state index is 0.326. The van der Waals surface area contributed by atoms with Crippen molar-refractivity contribution in [1.82, 2.24) is 0 Å². The van der Waals surface area contributed by atoms with Gasteiger partial charge in [0.05, 0.1) is 6.61 Å². The molecule has 0 heterocycles. The Labute approximate surface area is 72.2 Å². The van der Waals surface area contributed by atoms with Crippen LogP contribution in [0.5, 0.6) is 5.75 Å². The molecule has 0 bridgehead atoms. The van der Waals surface area contributed by atoms with Crippen LogP contribution in [-0.2, 0) is 12.8 Å². The lowest BCUT2D eigenvalue weighted by molar-refractivity contribution is -0.139. The summed E-state index contributed by atoms with van der Waals surface area (Å²) in [6.45, 7) is -0.747. The molecule has 0 saturated heterocycles. The average Bonchev–Trinajstić information content (AvgIpc) is 2.01. The van der Waals surface area contributed by atoms with Crippen molar-refractivity contribution < 1.29 is 23.4 Å². The Hall–Kier alpha value is -1.23. The van der Waals surface area contributed by atoms with E-state index < -0.39 is 24.1 Å². The summed E-state index contributed by atoms with van der Waals surface area (Å²) in [4.78, 5) is 0. The molecule has 0 spiro atoms. The second kappa shape index (κ2) is 3.26. The van der Waals surface area contributed by atoms with Gasteiger partial charge >= 0.3 is 6.18 Å². The maximum atomic E-state index is 12.2. The zero-order valence-corrected chi connectivity index (χ0v) is 6.47. The van der Waals surface area contributed by atoms with Crippen molar-refractivity contribution in [1.29, 1.82) is 0 Å². The molecule has 0 saturated carbocycles. The van der Waals surface area contributed by atoms with Gasteiger partial charge in [0, 0.05) is 0 Å². The molecule has 1 aromatic carbocycles. The third kappa shape index (κ3) is 1.92. The van der Waals surface area contributed by atoms with Crippen molar-refractivity contribution in [3.05, 3.63) is 29.3 Å². The van der Waals surface area contributed by atoms with Crippen LogP contribution in [0.1, 0.15) is 11.1 Å². The molecule has 0 aliphatic heterocycles. The van der Waals surface area contributed by atoms with Gasteiger partial charge in [-0.3, -0.25) is 0 Å². The van der Waals surface area contributed by atoms with Gasteiger partial charge in [0.25, 0.3) is 0 Å². The molecule has 0 amide bonds. The van der Waals surface area contributed by atoms with E-state index in [0.29, 0.717) is 0 Å². The number of benzene rings is 1. The number of aliphatic hydroxyl groups is 1. The Bertz CT molecular complexity index is 307. The van der Waals surface area contributed by atoms with Crippen LogP contribution in [-0.4, -0.2) is 10.2 Å². The molecule has 0 aromatic heterocycles. The Kier molecular flexibility index (Phi) is 2.47. The van der Waals surface area contributed by atoms with Crippen molar-refractivity contribution >= 4 is 0 Å². The molecule has 5 heteroatoms. The summed E-state index contributed by atoms with van der Waals surface area (Å²) in [5.41, 5.74) is -1.50. The summed E-state index contributed by atoms with van der Waals surface area (Å²) in [6, 6.07) is 3.29. The van der Waals surface area contributed by atoms with E-state index >= 15 is 0 Å². The standard InChI is InChI=1S/C8H7F3O2/c9-8(10,11)7-5(4-12)2-1-3-6(7)13/h1-3,12-13H,4H2. The lowest BCUT2D eigenvalue weighted by Crippen LogP contribution is -2.09. The number of phenols is 1. The highest BCUT2D eigenvalue weighted by Gasteiger charge is 2.36. The van der Waals surface area contributed by atoms with E-state index in [2.05, 4.69) is 0 Å². The van der Waals surface area contributed by atoms with Gasteiger partial charge in [0.1, 0.15) is 11.3 Å². The molecule has 1 rings (SSSR count). The predicted molar refractivity (Wildman–Crippen MR) is 39.0 cm³/mol. The van der Waals surface area contributed by atoms with Crippen molar-refractivity contribution in [2.75, 3.05) is 0 Å². The molecule has 0 aliphatic carbocycles. The number of phenolic OH excluding ortho intramolecular Hbond substituents is 1. The highest BCUT2D eigenvalue weighted by molar-refractivity contribution is 5.40. The first-order valence-electron chi connectivity index (χ1n) is 3.45. The summed E-state index contributed by atoms with van der Waals surface area (Å²) in [6.07, 6.45) is -4.64. The second-order valence-electron chi connectivity index (χ2n) is 2.47. The maximum absolute atomic E-state index is 12.2. The molecule has 0 fully saturated rings. The van der Waals surface area contributed by atoms with Gasteiger partial charge in [0.15, 0.2) is 0 Å². The van der Waals surface area contributed by atoms with Gasteiger partial charge in [-0.2, -0.15) is 13.2 Å². The number of alkyl halides is 3. The second-order valence-corrected chi connectivity index (χ2v) is 2.47. The van der Waals surface area contributed by atoms with E-state index in [-0.39, 0.29) is 5.56 Å². The molecular weight excluding hydrogens is 185 g/mol. The first kappa shape index (κ1) is 9.85. The number of aromatic hydroxyl groups is 1. The fraction of sp³-hybridized carbons (Fsp3) is 0.250. The van der Waals surface area contributed by atoms with Crippen LogP contribution in [0, 0.1) is 0 Å². The highest BCUT2D eigenvalue weighted by Crippen LogP contribution is 2.37. The van der Waals surface area contributed by atoms with Crippen molar-refractivity contribution in [2.45, 2.75) is 12.8 Å². The van der Waals surface area contributed by atoms with Gasteiger partial charge in [0.2, 0.25) is 0 Å². The van der Waals surface area contributed by atoms with Gasteiger partial charge in [-0.1, -0.05) is 12.1 Å². The molecule has 1 aromatic rings. The molecule has 2 N–H and O–H groups in total. The van der Waals surface area contributed by atoms with Gasteiger partial charge in [-0.15, -0.1) is 0 Å². The SMILES string of the molecule is OCc1cccc(O)c1C(F)(F)F. The van der Waals surface area contributed by atoms with E-state index in [4.69, 9.17) is 10.2 Å². The lowest BCUT2D eigenvalue weighted by Gasteiger charge is -2.12. The molecule has 2 nitrogen and oxygen atoms in total. The summed E-state index contributed by atoms with van der Waals surface area (Å²) < 4.78 is 36.7. The molecule has 0 atom stereocenters. The third-order valence-electron chi connectivity index (χ3n) is 1.58. The zero-order valence-electron chi connectivity index (χ0n) is 6.47. The van der Waals surface area contributed by atoms with Crippen LogP contribution < -0.4 is 0 Å². The van der Waals surface area contributed by atoms with Crippen molar-refractivity contribution in [3.63, 3.8) is 0 Å². The summed E-state index contributed by atoms with van der Waals surface area (Å²) in [5, 5.41) is 17.5. The van der Waals surface area contributed by atoms with Gasteiger partial charge < -0.3 is 10.2 Å². The maximum Gasteiger partial charge on any atom is 0.420 e. The normalized spacial score (nSPS) is 11.7. The third-order valence-corrected chi connectivity index (χ3v) is 1.58. The first-order valence-corrected chi connectivity index (χ1v) is 3.45. The van der Waals surface area contributed by atoms with Gasteiger partial charge in [-0.25, -0.2) is 0 Å². The van der Waals surface area contributed by atoms with E-state index in [1.54, 1.807) is 0 Å². The van der Waals surface area contributed by atoms with Crippen LogP contribution in [0.2, 0.25) is 0 Å². The molecule has 0 aliphatic rings. The van der Waals surface area contributed by atoms with Crippen LogP contribution in [0.25, 0.3) is 0 Å². The number of rotatable bonds is 1. The van der Waals surface area contributed by atoms with Crippen molar-refractivity contribution in [2.24, 2.45) is 0 Å². The molecule has 13 heavy (non-hydrogen) atoms. The number of aliphatic hydroxyl groups excluding tert-OH is 1. The van der Waals surface area contributed by atoms with Crippen LogP contribution in [0.4, 0.5) is 13.2 Å². The molecule has 0 radical (unpaired) electrons. The Morgan fingerprint density at radius 3 is 2.23 bits per heavy atom. The van der Waals surface area contributed by atoms with E-state index in [1.165, 1.54) is 6.07 Å². The van der Waals surface area contributed by atoms with E-state index in [0.717, 1.165) is 12.1 Å². The van der Waals surface area contributed by atoms with Crippen LogP contribution >= 0.6 is 0 Å². The average molecular weight is 192 g/mol. The quantitative estimate of drug-likeness (QED) is 0.713. The monoisotopic (exact) mass is 192 g/mol. The number of hydrogen-bond acceptors (Lipinski definition) is 2. The van der Waals surface area contributed by atoms with Crippen LogP contribution in [0.3, 0.4) is 0 Å². The Morgan fingerprint density at radius 1 is 1.23 bits per heavy atom. The summed E-state index contributed by atoms with van der Waals surface area (Å²) in [5.74, 6) is -0.862. The predicted octanol–water partition coefficient (Wildman–Crippen LogP) is 1.90. The molecule has 72 valence electrons. The lowest BCUT2D eigenvalue weighted by atomic mass is 10.1. The van der Waals surface area contributed by atoms with Crippen LogP contribution in [0.15, 0.2) is 18.2 Å². The van der Waals surface area contributed by atoms with Gasteiger partial charge in [-0.05, 0) is 11.6 Å². The fourth-order valence-electron chi connectivity index (χ4n) is 1.05. The highest BCUT2D eigenvalue weighted by atomic mass is 19.4. The minimum Gasteiger partial charge on any atom is -0.507 e. The zero-order chi connectivity index (χ0) is 10.1. The number of halogens is 3. The summed E-state index contributed by atoms with van der Waals surface area (Å²) in [7, 11) is 0. The first-order chi connectivity index (χ1) is 5.96. The van der Waals surface area contributed by atoms with E-state index in [1.807, 2.05) is 0 Å². The molecule has 0 unspecified atom stereocenters. The number of hydrogen-bond donors (Lipinski definition) is 2. The molecular formula is C8H7F3O2. The largest absolute Gasteiger partial charge is 0.507 e. The van der Waals surface area contributed by atoms with E-state index in [9.17, 15) is 13.2 Å². The summed E-state index contributed by atoms with van der Waals surface area (Å²) >= 11 is 0. The van der Waals surface area contributed by atoms with Crippen molar-refractivity contribution in [3.8, 4) is 5.75 Å².